The normalized spacial score (nSPS) is 16.9. The molecule has 1 aliphatic heterocycles. The maximum Gasteiger partial charge on any atom is 0.307 e. The van der Waals surface area contributed by atoms with Gasteiger partial charge in [-0.25, -0.2) is 0 Å². The third-order valence-corrected chi connectivity index (χ3v) is 7.53. The van der Waals surface area contributed by atoms with Gasteiger partial charge < -0.3 is 14.5 Å². The second-order valence-corrected chi connectivity index (χ2v) is 11.1. The van der Waals surface area contributed by atoms with Crippen LogP contribution in [-0.4, -0.2) is 62.1 Å². The SMILES string of the molecule is CCCCCCCCCCCCCCCCCCN1CCCCC1CCOC(=O)CCN(C)C. The van der Waals surface area contributed by atoms with Crippen molar-refractivity contribution in [2.45, 2.75) is 148 Å². The van der Waals surface area contributed by atoms with Gasteiger partial charge in [0.1, 0.15) is 0 Å². The molecule has 1 fully saturated rings. The van der Waals surface area contributed by atoms with E-state index in [1.165, 1.54) is 135 Å². The molecule has 4 nitrogen and oxygen atoms in total. The topological polar surface area (TPSA) is 32.8 Å². The second kappa shape index (κ2) is 22.8. The van der Waals surface area contributed by atoms with E-state index < -0.39 is 0 Å². The molecule has 0 radical (unpaired) electrons. The predicted octanol–water partition coefficient (Wildman–Crippen LogP) is 7.99. The summed E-state index contributed by atoms with van der Waals surface area (Å²) < 4.78 is 5.49. The summed E-state index contributed by atoms with van der Waals surface area (Å²) in [5.41, 5.74) is 0. The number of rotatable bonds is 23. The molecule has 202 valence electrons. The van der Waals surface area contributed by atoms with Crippen LogP contribution in [0.15, 0.2) is 0 Å². The van der Waals surface area contributed by atoms with Gasteiger partial charge in [0.05, 0.1) is 13.0 Å². The van der Waals surface area contributed by atoms with Gasteiger partial charge in [-0.05, 0) is 52.9 Å². The van der Waals surface area contributed by atoms with E-state index in [1.807, 2.05) is 19.0 Å². The van der Waals surface area contributed by atoms with Crippen LogP contribution in [0, 0.1) is 0 Å². The Hall–Kier alpha value is -0.610. The molecule has 4 heteroatoms. The monoisotopic (exact) mass is 480 g/mol. The molecule has 0 saturated carbocycles. The first-order valence-corrected chi connectivity index (χ1v) is 15.2. The molecular formula is C30H60N2O2. The Labute approximate surface area is 213 Å². The molecular weight excluding hydrogens is 420 g/mol. The summed E-state index contributed by atoms with van der Waals surface area (Å²) in [7, 11) is 3.98. The van der Waals surface area contributed by atoms with Crippen LogP contribution in [0.4, 0.5) is 0 Å². The molecule has 0 N–H and O–H groups in total. The molecule has 0 spiro atoms. The molecule has 1 aliphatic rings. The number of unbranched alkanes of at least 4 members (excludes halogenated alkanes) is 15. The van der Waals surface area contributed by atoms with Gasteiger partial charge >= 0.3 is 5.97 Å². The maximum absolute atomic E-state index is 11.8. The predicted molar refractivity (Wildman–Crippen MR) is 148 cm³/mol. The van der Waals surface area contributed by atoms with Crippen molar-refractivity contribution < 1.29 is 9.53 Å². The molecule has 0 aliphatic carbocycles. The Bertz CT molecular complexity index is 455. The first-order chi connectivity index (χ1) is 16.6. The highest BCUT2D eigenvalue weighted by atomic mass is 16.5. The maximum atomic E-state index is 11.8. The van der Waals surface area contributed by atoms with Crippen molar-refractivity contribution in [3.8, 4) is 0 Å². The van der Waals surface area contributed by atoms with Crippen LogP contribution >= 0.6 is 0 Å². The van der Waals surface area contributed by atoms with Crippen molar-refractivity contribution in [3.05, 3.63) is 0 Å². The third-order valence-electron chi connectivity index (χ3n) is 7.53. The van der Waals surface area contributed by atoms with Crippen LogP contribution in [0.5, 0.6) is 0 Å². The van der Waals surface area contributed by atoms with Crippen molar-refractivity contribution in [1.82, 2.24) is 9.80 Å². The smallest absolute Gasteiger partial charge is 0.307 e. The molecule has 0 aromatic carbocycles. The first kappa shape index (κ1) is 31.4. The summed E-state index contributed by atoms with van der Waals surface area (Å²) in [4.78, 5) is 16.6. The van der Waals surface area contributed by atoms with E-state index in [4.69, 9.17) is 4.74 Å². The number of hydrogen-bond donors (Lipinski definition) is 0. The van der Waals surface area contributed by atoms with E-state index in [9.17, 15) is 4.79 Å². The molecule has 0 bridgehead atoms. The van der Waals surface area contributed by atoms with Gasteiger partial charge in [-0.3, -0.25) is 4.79 Å². The zero-order chi connectivity index (χ0) is 24.7. The Balaban J connectivity index is 1.92. The van der Waals surface area contributed by atoms with Gasteiger partial charge in [0.15, 0.2) is 0 Å². The minimum absolute atomic E-state index is 0.0473. The summed E-state index contributed by atoms with van der Waals surface area (Å²) in [6.45, 7) is 6.12. The van der Waals surface area contributed by atoms with Crippen LogP contribution in [-0.2, 0) is 9.53 Å². The van der Waals surface area contributed by atoms with Crippen LogP contribution in [0.3, 0.4) is 0 Å². The minimum Gasteiger partial charge on any atom is -0.466 e. The zero-order valence-corrected chi connectivity index (χ0v) is 23.5. The Morgan fingerprint density at radius 2 is 1.32 bits per heavy atom. The van der Waals surface area contributed by atoms with E-state index in [1.54, 1.807) is 0 Å². The Morgan fingerprint density at radius 1 is 0.794 bits per heavy atom. The zero-order valence-electron chi connectivity index (χ0n) is 23.5. The molecule has 1 rings (SSSR count). The van der Waals surface area contributed by atoms with Gasteiger partial charge in [0.25, 0.3) is 0 Å². The highest BCUT2D eigenvalue weighted by Crippen LogP contribution is 2.21. The van der Waals surface area contributed by atoms with Crippen molar-refractivity contribution in [1.29, 1.82) is 0 Å². The number of esters is 1. The molecule has 34 heavy (non-hydrogen) atoms. The van der Waals surface area contributed by atoms with Gasteiger partial charge in [-0.15, -0.1) is 0 Å². The second-order valence-electron chi connectivity index (χ2n) is 11.1. The minimum atomic E-state index is -0.0473. The average Bonchev–Trinajstić information content (AvgIpc) is 2.83. The number of ether oxygens (including phenoxy) is 1. The lowest BCUT2D eigenvalue weighted by atomic mass is 9.99. The molecule has 0 aromatic heterocycles. The number of nitrogens with zero attached hydrogens (tertiary/aromatic N) is 2. The molecule has 0 aromatic rings. The van der Waals surface area contributed by atoms with E-state index in [0.29, 0.717) is 19.1 Å². The van der Waals surface area contributed by atoms with Crippen LogP contribution in [0.25, 0.3) is 0 Å². The number of likely N-dealkylation sites (tertiary alicyclic amines) is 1. The standard InChI is InChI=1S/C30H60N2O2/c1-4-5-6-7-8-9-10-11-12-13-14-15-16-17-18-20-25-32-26-21-19-22-29(32)24-28-34-30(33)23-27-31(2)3/h29H,4-28H2,1-3H3. The quantitative estimate of drug-likeness (QED) is 0.110. The van der Waals surface area contributed by atoms with E-state index in [-0.39, 0.29) is 5.97 Å². The van der Waals surface area contributed by atoms with E-state index in [0.717, 1.165) is 13.0 Å². The highest BCUT2D eigenvalue weighted by Gasteiger charge is 2.22. The number of hydrogen-bond acceptors (Lipinski definition) is 4. The van der Waals surface area contributed by atoms with Crippen LogP contribution in [0.2, 0.25) is 0 Å². The number of carbonyl (C=O) groups excluding carboxylic acids is 1. The largest absolute Gasteiger partial charge is 0.466 e. The van der Waals surface area contributed by atoms with Crippen molar-refractivity contribution in [2.24, 2.45) is 0 Å². The Morgan fingerprint density at radius 3 is 1.85 bits per heavy atom. The average molecular weight is 481 g/mol. The molecule has 1 saturated heterocycles. The van der Waals surface area contributed by atoms with Gasteiger partial charge in [0, 0.05) is 12.6 Å². The van der Waals surface area contributed by atoms with Gasteiger partial charge in [-0.1, -0.05) is 110 Å². The fourth-order valence-electron chi connectivity index (χ4n) is 5.24. The Kier molecular flexibility index (Phi) is 21.1. The summed E-state index contributed by atoms with van der Waals surface area (Å²) in [5, 5.41) is 0. The lowest BCUT2D eigenvalue weighted by Gasteiger charge is -2.35. The molecule has 1 unspecified atom stereocenters. The lowest BCUT2D eigenvalue weighted by Crippen LogP contribution is -2.40. The molecule has 1 heterocycles. The van der Waals surface area contributed by atoms with Crippen LogP contribution < -0.4 is 0 Å². The molecule has 1 atom stereocenters. The van der Waals surface area contributed by atoms with E-state index in [2.05, 4.69) is 11.8 Å². The first-order valence-electron chi connectivity index (χ1n) is 15.2. The summed E-state index contributed by atoms with van der Waals surface area (Å²) >= 11 is 0. The third kappa shape index (κ3) is 18.7. The fraction of sp³-hybridized carbons (Fsp3) is 0.967. The summed E-state index contributed by atoms with van der Waals surface area (Å²) in [6, 6.07) is 0.617. The van der Waals surface area contributed by atoms with Crippen molar-refractivity contribution in [3.63, 3.8) is 0 Å². The van der Waals surface area contributed by atoms with Crippen LogP contribution in [0.1, 0.15) is 142 Å². The fourth-order valence-corrected chi connectivity index (χ4v) is 5.24. The summed E-state index contributed by atoms with van der Waals surface area (Å²) in [6.07, 6.45) is 28.3. The van der Waals surface area contributed by atoms with Gasteiger partial charge in [0.2, 0.25) is 0 Å². The molecule has 0 amide bonds. The van der Waals surface area contributed by atoms with Gasteiger partial charge in [-0.2, -0.15) is 0 Å². The van der Waals surface area contributed by atoms with Crippen molar-refractivity contribution >= 4 is 5.97 Å². The van der Waals surface area contributed by atoms with Crippen molar-refractivity contribution in [2.75, 3.05) is 40.3 Å². The summed E-state index contributed by atoms with van der Waals surface area (Å²) in [5.74, 6) is -0.0473. The number of carbonyl (C=O) groups is 1. The number of piperidine rings is 1. The lowest BCUT2D eigenvalue weighted by molar-refractivity contribution is -0.144. The highest BCUT2D eigenvalue weighted by molar-refractivity contribution is 5.69. The van der Waals surface area contributed by atoms with E-state index >= 15 is 0 Å².